The topological polar surface area (TPSA) is 35.6 Å². The first-order valence-corrected chi connectivity index (χ1v) is 8.56. The summed E-state index contributed by atoms with van der Waals surface area (Å²) in [5.41, 5.74) is 2.90. The lowest BCUT2D eigenvalue weighted by molar-refractivity contribution is 0.193. The summed E-state index contributed by atoms with van der Waals surface area (Å²) < 4.78 is 0. The highest BCUT2D eigenvalue weighted by molar-refractivity contribution is 5.74. The van der Waals surface area contributed by atoms with Gasteiger partial charge < -0.3 is 10.2 Å². The molecule has 1 N–H and O–H groups in total. The minimum Gasteiger partial charge on any atom is -0.337 e. The molecule has 0 aromatic heterocycles. The van der Waals surface area contributed by atoms with Crippen LogP contribution in [0.25, 0.3) is 0 Å². The minimum atomic E-state index is 0.0844. The number of amides is 2. The van der Waals surface area contributed by atoms with Crippen molar-refractivity contribution in [2.24, 2.45) is 0 Å². The minimum absolute atomic E-state index is 0.0844. The Morgan fingerprint density at radius 1 is 1.18 bits per heavy atom. The molecule has 1 aliphatic rings. The second-order valence-electron chi connectivity index (χ2n) is 6.01. The van der Waals surface area contributed by atoms with Crippen molar-refractivity contribution in [3.05, 3.63) is 35.4 Å². The number of nitrogens with one attached hydrogen (secondary N) is 1. The molecule has 22 heavy (non-hydrogen) atoms. The summed E-state index contributed by atoms with van der Waals surface area (Å²) in [6.07, 6.45) is 3.13. The zero-order chi connectivity index (χ0) is 15.8. The summed E-state index contributed by atoms with van der Waals surface area (Å²) in [4.78, 5) is 16.5. The van der Waals surface area contributed by atoms with Crippen molar-refractivity contribution < 1.29 is 4.79 Å². The lowest BCUT2D eigenvalue weighted by atomic mass is 10.00. The highest BCUT2D eigenvalue weighted by atomic mass is 16.2. The number of carbonyl (C=O) groups is 1. The molecule has 1 aromatic carbocycles. The van der Waals surface area contributed by atoms with E-state index in [9.17, 15) is 4.79 Å². The van der Waals surface area contributed by atoms with Crippen LogP contribution in [-0.2, 0) is 13.0 Å². The molecule has 2 rings (SSSR count). The highest BCUT2D eigenvalue weighted by Gasteiger charge is 2.16. The Morgan fingerprint density at radius 2 is 1.86 bits per heavy atom. The van der Waals surface area contributed by atoms with Gasteiger partial charge >= 0.3 is 6.03 Å². The Balaban J connectivity index is 1.74. The molecule has 0 saturated carbocycles. The van der Waals surface area contributed by atoms with Crippen LogP contribution in [0.4, 0.5) is 4.79 Å². The SMILES string of the molecule is CCCN(CCC)C(=O)NCCN1CCc2ccccc2C1. The smallest absolute Gasteiger partial charge is 0.317 e. The van der Waals surface area contributed by atoms with Gasteiger partial charge in [-0.05, 0) is 30.4 Å². The first-order valence-electron chi connectivity index (χ1n) is 8.56. The van der Waals surface area contributed by atoms with Gasteiger partial charge in [0.1, 0.15) is 0 Å². The van der Waals surface area contributed by atoms with Gasteiger partial charge in [0, 0.05) is 39.3 Å². The third-order valence-electron chi connectivity index (χ3n) is 4.19. The Labute approximate surface area is 134 Å². The normalized spacial score (nSPS) is 14.5. The number of benzene rings is 1. The van der Waals surface area contributed by atoms with Gasteiger partial charge in [0.05, 0.1) is 0 Å². The Hall–Kier alpha value is -1.55. The number of nitrogens with zero attached hydrogens (tertiary/aromatic N) is 2. The van der Waals surface area contributed by atoms with Gasteiger partial charge in [-0.1, -0.05) is 38.1 Å². The Kier molecular flexibility index (Phi) is 6.72. The van der Waals surface area contributed by atoms with Gasteiger partial charge in [-0.3, -0.25) is 4.90 Å². The maximum absolute atomic E-state index is 12.2. The van der Waals surface area contributed by atoms with Crippen molar-refractivity contribution in [1.29, 1.82) is 0 Å². The van der Waals surface area contributed by atoms with Crippen LogP contribution in [0.15, 0.2) is 24.3 Å². The maximum atomic E-state index is 12.2. The van der Waals surface area contributed by atoms with Crippen LogP contribution in [0.5, 0.6) is 0 Å². The number of fused-ring (bicyclic) bond motifs is 1. The van der Waals surface area contributed by atoms with Crippen molar-refractivity contribution in [1.82, 2.24) is 15.1 Å². The average Bonchev–Trinajstić information content (AvgIpc) is 2.54. The summed E-state index contributed by atoms with van der Waals surface area (Å²) in [7, 11) is 0. The van der Waals surface area contributed by atoms with Crippen molar-refractivity contribution in [3.8, 4) is 0 Å². The quantitative estimate of drug-likeness (QED) is 0.841. The summed E-state index contributed by atoms with van der Waals surface area (Å²) >= 11 is 0. The van der Waals surface area contributed by atoms with Crippen LogP contribution in [0.3, 0.4) is 0 Å². The average molecular weight is 303 g/mol. The molecule has 0 aliphatic carbocycles. The van der Waals surface area contributed by atoms with Gasteiger partial charge in [0.15, 0.2) is 0 Å². The second kappa shape index (κ2) is 8.79. The summed E-state index contributed by atoms with van der Waals surface area (Å²) in [6, 6.07) is 8.75. The molecular formula is C18H29N3O. The lowest BCUT2D eigenvalue weighted by Crippen LogP contribution is -2.44. The van der Waals surface area contributed by atoms with Gasteiger partial charge in [-0.2, -0.15) is 0 Å². The zero-order valence-corrected chi connectivity index (χ0v) is 14.0. The third kappa shape index (κ3) is 4.73. The Bertz CT molecular complexity index is 469. The van der Waals surface area contributed by atoms with Crippen molar-refractivity contribution in [2.45, 2.75) is 39.7 Å². The molecule has 0 spiro atoms. The van der Waals surface area contributed by atoms with Crippen molar-refractivity contribution in [2.75, 3.05) is 32.7 Å². The van der Waals surface area contributed by atoms with Crippen molar-refractivity contribution in [3.63, 3.8) is 0 Å². The third-order valence-corrected chi connectivity index (χ3v) is 4.19. The lowest BCUT2D eigenvalue weighted by Gasteiger charge is -2.29. The van der Waals surface area contributed by atoms with E-state index in [0.717, 1.165) is 58.5 Å². The Morgan fingerprint density at radius 3 is 2.55 bits per heavy atom. The number of hydrogen-bond acceptors (Lipinski definition) is 2. The predicted molar refractivity (Wildman–Crippen MR) is 91.0 cm³/mol. The fourth-order valence-electron chi connectivity index (χ4n) is 3.03. The van der Waals surface area contributed by atoms with E-state index in [2.05, 4.69) is 48.3 Å². The maximum Gasteiger partial charge on any atom is 0.317 e. The van der Waals surface area contributed by atoms with Gasteiger partial charge in [0.2, 0.25) is 0 Å². The number of hydrogen-bond donors (Lipinski definition) is 1. The van der Waals surface area contributed by atoms with E-state index in [0.29, 0.717) is 0 Å². The molecule has 4 nitrogen and oxygen atoms in total. The molecule has 0 saturated heterocycles. The monoisotopic (exact) mass is 303 g/mol. The van der Waals surface area contributed by atoms with Crippen LogP contribution in [0.2, 0.25) is 0 Å². The number of carbonyl (C=O) groups excluding carboxylic acids is 1. The van der Waals surface area contributed by atoms with Crippen LogP contribution in [0, 0.1) is 0 Å². The first-order chi connectivity index (χ1) is 10.7. The molecule has 0 atom stereocenters. The molecule has 2 amide bonds. The van der Waals surface area contributed by atoms with E-state index >= 15 is 0 Å². The molecule has 1 aromatic rings. The highest BCUT2D eigenvalue weighted by Crippen LogP contribution is 2.17. The van der Waals surface area contributed by atoms with Gasteiger partial charge in [0.25, 0.3) is 0 Å². The van der Waals surface area contributed by atoms with E-state index in [1.54, 1.807) is 0 Å². The van der Waals surface area contributed by atoms with E-state index in [1.807, 2.05) is 4.90 Å². The van der Waals surface area contributed by atoms with Crippen LogP contribution in [0.1, 0.15) is 37.8 Å². The summed E-state index contributed by atoms with van der Waals surface area (Å²) in [5, 5.41) is 3.07. The van der Waals surface area contributed by atoms with Crippen molar-refractivity contribution >= 4 is 6.03 Å². The number of rotatable bonds is 7. The molecule has 1 aliphatic heterocycles. The molecule has 4 heteroatoms. The van der Waals surface area contributed by atoms with Crippen LogP contribution in [-0.4, -0.2) is 48.6 Å². The second-order valence-corrected chi connectivity index (χ2v) is 6.01. The van der Waals surface area contributed by atoms with E-state index in [4.69, 9.17) is 0 Å². The first kappa shape index (κ1) is 16.8. The molecule has 0 fully saturated rings. The van der Waals surface area contributed by atoms with Gasteiger partial charge in [-0.15, -0.1) is 0 Å². The molecule has 0 radical (unpaired) electrons. The fourth-order valence-corrected chi connectivity index (χ4v) is 3.03. The largest absolute Gasteiger partial charge is 0.337 e. The van der Waals surface area contributed by atoms with E-state index < -0.39 is 0 Å². The fraction of sp³-hybridized carbons (Fsp3) is 0.611. The van der Waals surface area contributed by atoms with E-state index in [1.165, 1.54) is 11.1 Å². The molecule has 122 valence electrons. The molecule has 1 heterocycles. The molecule has 0 bridgehead atoms. The number of urea groups is 1. The summed E-state index contributed by atoms with van der Waals surface area (Å²) in [5.74, 6) is 0. The van der Waals surface area contributed by atoms with Gasteiger partial charge in [-0.25, -0.2) is 4.79 Å². The van der Waals surface area contributed by atoms with Crippen LogP contribution < -0.4 is 5.32 Å². The predicted octanol–water partition coefficient (Wildman–Crippen LogP) is 2.88. The molecular weight excluding hydrogens is 274 g/mol. The van der Waals surface area contributed by atoms with Crippen LogP contribution >= 0.6 is 0 Å². The zero-order valence-electron chi connectivity index (χ0n) is 14.0. The summed E-state index contributed by atoms with van der Waals surface area (Å²) in [6.45, 7) is 9.65. The van der Waals surface area contributed by atoms with E-state index in [-0.39, 0.29) is 6.03 Å². The molecule has 0 unspecified atom stereocenters. The standard InChI is InChI=1S/C18H29N3O/c1-3-11-21(12-4-2)18(22)19-10-14-20-13-9-16-7-5-6-8-17(16)15-20/h5-8H,3-4,9-15H2,1-2H3,(H,19,22).